The molecule has 0 aliphatic carbocycles. The van der Waals surface area contributed by atoms with Crippen LogP contribution >= 0.6 is 11.3 Å². The number of nitrogens with one attached hydrogen (secondary N) is 1. The van der Waals surface area contributed by atoms with E-state index in [9.17, 15) is 4.79 Å². The number of nitrogens with zero attached hydrogens (tertiary/aromatic N) is 1. The van der Waals surface area contributed by atoms with Gasteiger partial charge in [0, 0.05) is 13.1 Å². The number of aryl methyl sites for hydroxylation is 1. The maximum atomic E-state index is 12.3. The summed E-state index contributed by atoms with van der Waals surface area (Å²) in [5.74, 6) is -0.00511. The molecule has 2 heterocycles. The quantitative estimate of drug-likeness (QED) is 0.781. The highest BCUT2D eigenvalue weighted by Crippen LogP contribution is 2.26. The van der Waals surface area contributed by atoms with E-state index in [0.29, 0.717) is 6.54 Å². The van der Waals surface area contributed by atoms with E-state index in [4.69, 9.17) is 0 Å². The van der Waals surface area contributed by atoms with Gasteiger partial charge in [-0.1, -0.05) is 24.3 Å². The largest absolute Gasteiger partial charge is 0.351 e. The van der Waals surface area contributed by atoms with Gasteiger partial charge in [0.15, 0.2) is 0 Å². The molecule has 0 unspecified atom stereocenters. The van der Waals surface area contributed by atoms with Gasteiger partial charge in [-0.2, -0.15) is 0 Å². The maximum Gasteiger partial charge on any atom is 0.267 e. The highest BCUT2D eigenvalue weighted by Gasteiger charge is 2.16. The number of hydrogen-bond donors (Lipinski definition) is 1. The van der Waals surface area contributed by atoms with Crippen LogP contribution in [0.1, 0.15) is 28.5 Å². The molecule has 0 saturated carbocycles. The molecule has 0 aliphatic rings. The van der Waals surface area contributed by atoms with Crippen molar-refractivity contribution in [3.05, 3.63) is 58.6 Å². The van der Waals surface area contributed by atoms with E-state index in [2.05, 4.69) is 40.4 Å². The van der Waals surface area contributed by atoms with Gasteiger partial charge in [0.25, 0.3) is 5.91 Å². The van der Waals surface area contributed by atoms with Gasteiger partial charge in [0.1, 0.15) is 5.69 Å². The first kappa shape index (κ1) is 13.9. The predicted octanol–water partition coefficient (Wildman–Crippen LogP) is 3.81. The molecule has 3 rings (SSSR count). The van der Waals surface area contributed by atoms with E-state index in [0.717, 1.165) is 22.5 Å². The van der Waals surface area contributed by atoms with Gasteiger partial charge in [-0.25, -0.2) is 0 Å². The average molecular weight is 298 g/mol. The summed E-state index contributed by atoms with van der Waals surface area (Å²) >= 11 is 1.67. The maximum absolute atomic E-state index is 12.3. The Morgan fingerprint density at radius 3 is 2.86 bits per heavy atom. The van der Waals surface area contributed by atoms with Crippen molar-refractivity contribution >= 4 is 27.5 Å². The predicted molar refractivity (Wildman–Crippen MR) is 88.1 cm³/mol. The average Bonchev–Trinajstić information content (AvgIpc) is 3.04. The van der Waals surface area contributed by atoms with Gasteiger partial charge in [-0.15, -0.1) is 11.3 Å². The van der Waals surface area contributed by atoms with Crippen LogP contribution in [-0.2, 0) is 6.54 Å². The van der Waals surface area contributed by atoms with Gasteiger partial charge in [0.2, 0.25) is 0 Å². The second-order valence-corrected chi connectivity index (χ2v) is 6.02. The molecule has 0 aliphatic heterocycles. The van der Waals surface area contributed by atoms with Crippen LogP contribution < -0.4 is 5.32 Å². The van der Waals surface area contributed by atoms with E-state index < -0.39 is 0 Å². The molecule has 3 nitrogen and oxygen atoms in total. The monoisotopic (exact) mass is 298 g/mol. The molecule has 0 fully saturated rings. The molecule has 1 amide bonds. The molecule has 4 heteroatoms. The number of amides is 1. The van der Waals surface area contributed by atoms with E-state index >= 15 is 0 Å². The summed E-state index contributed by atoms with van der Waals surface area (Å²) in [6.45, 7) is 5.41. The number of thiophene rings is 1. The van der Waals surface area contributed by atoms with Crippen molar-refractivity contribution < 1.29 is 4.79 Å². The van der Waals surface area contributed by atoms with Gasteiger partial charge in [-0.3, -0.25) is 4.79 Å². The van der Waals surface area contributed by atoms with Crippen molar-refractivity contribution in [2.24, 2.45) is 0 Å². The number of aromatic nitrogens is 1. The molecule has 0 saturated heterocycles. The standard InChI is InChI=1S/C17H18N2OS/c1-3-18-17(20)15-10-16-14(8-9-21-16)19(15)11-13-7-5-4-6-12(13)2/h4-10H,3,11H2,1-2H3,(H,18,20). The number of carbonyl (C=O) groups is 1. The summed E-state index contributed by atoms with van der Waals surface area (Å²) in [6.07, 6.45) is 0. The van der Waals surface area contributed by atoms with Gasteiger partial charge in [-0.05, 0) is 42.5 Å². The van der Waals surface area contributed by atoms with Crippen molar-refractivity contribution in [3.8, 4) is 0 Å². The van der Waals surface area contributed by atoms with E-state index in [1.807, 2.05) is 25.1 Å². The van der Waals surface area contributed by atoms with E-state index in [1.165, 1.54) is 11.1 Å². The second-order valence-electron chi connectivity index (χ2n) is 5.07. The van der Waals surface area contributed by atoms with Gasteiger partial charge < -0.3 is 9.88 Å². The Kier molecular flexibility index (Phi) is 3.80. The summed E-state index contributed by atoms with van der Waals surface area (Å²) < 4.78 is 3.27. The highest BCUT2D eigenvalue weighted by molar-refractivity contribution is 7.17. The molecule has 3 aromatic rings. The molecular weight excluding hydrogens is 280 g/mol. The molecule has 0 atom stereocenters. The van der Waals surface area contributed by atoms with Crippen LogP contribution in [0, 0.1) is 6.92 Å². The Hall–Kier alpha value is -2.07. The molecule has 1 N–H and O–H groups in total. The summed E-state index contributed by atoms with van der Waals surface area (Å²) in [4.78, 5) is 12.3. The SMILES string of the molecule is CCNC(=O)c1cc2sccc2n1Cc1ccccc1C. The minimum atomic E-state index is -0.00511. The molecule has 2 aromatic heterocycles. The molecule has 21 heavy (non-hydrogen) atoms. The Labute approximate surface area is 128 Å². The summed E-state index contributed by atoms with van der Waals surface area (Å²) in [5, 5.41) is 4.97. The first-order valence-electron chi connectivity index (χ1n) is 7.10. The van der Waals surface area contributed by atoms with Crippen molar-refractivity contribution in [2.75, 3.05) is 6.54 Å². The second kappa shape index (κ2) is 5.74. The normalized spacial score (nSPS) is 11.0. The third-order valence-corrected chi connectivity index (χ3v) is 4.54. The summed E-state index contributed by atoms with van der Waals surface area (Å²) in [5.41, 5.74) is 4.36. The van der Waals surface area contributed by atoms with Crippen LogP contribution in [0.3, 0.4) is 0 Å². The lowest BCUT2D eigenvalue weighted by atomic mass is 10.1. The topological polar surface area (TPSA) is 34.0 Å². The zero-order valence-electron chi connectivity index (χ0n) is 12.2. The lowest BCUT2D eigenvalue weighted by Gasteiger charge is -2.12. The molecule has 108 valence electrons. The zero-order chi connectivity index (χ0) is 14.8. The first-order valence-corrected chi connectivity index (χ1v) is 7.98. The highest BCUT2D eigenvalue weighted by atomic mass is 32.1. The van der Waals surface area contributed by atoms with Crippen molar-refractivity contribution in [1.82, 2.24) is 9.88 Å². The lowest BCUT2D eigenvalue weighted by molar-refractivity contribution is 0.0947. The Bertz CT molecular complexity index is 785. The molecule has 0 spiro atoms. The molecule has 1 aromatic carbocycles. The van der Waals surface area contributed by atoms with Crippen molar-refractivity contribution in [3.63, 3.8) is 0 Å². The van der Waals surface area contributed by atoms with Crippen LogP contribution in [0.5, 0.6) is 0 Å². The fraction of sp³-hybridized carbons (Fsp3) is 0.235. The van der Waals surface area contributed by atoms with E-state index in [1.54, 1.807) is 11.3 Å². The zero-order valence-corrected chi connectivity index (χ0v) is 13.0. The van der Waals surface area contributed by atoms with E-state index in [-0.39, 0.29) is 5.91 Å². The lowest BCUT2D eigenvalue weighted by Crippen LogP contribution is -2.25. The minimum Gasteiger partial charge on any atom is -0.351 e. The number of fused-ring (bicyclic) bond motifs is 1. The van der Waals surface area contributed by atoms with Crippen LogP contribution in [0.2, 0.25) is 0 Å². The fourth-order valence-corrected chi connectivity index (χ4v) is 3.37. The third kappa shape index (κ3) is 2.59. The van der Waals surface area contributed by atoms with Crippen LogP contribution in [0.15, 0.2) is 41.8 Å². The fourth-order valence-electron chi connectivity index (χ4n) is 2.54. The number of benzene rings is 1. The Balaban J connectivity index is 2.07. The van der Waals surface area contributed by atoms with Crippen LogP contribution in [0.25, 0.3) is 10.2 Å². The molecule has 0 bridgehead atoms. The third-order valence-electron chi connectivity index (χ3n) is 3.68. The molecule has 0 radical (unpaired) electrons. The van der Waals surface area contributed by atoms with Crippen LogP contribution in [-0.4, -0.2) is 17.0 Å². The summed E-state index contributed by atoms with van der Waals surface area (Å²) in [6, 6.07) is 12.4. The first-order chi connectivity index (χ1) is 10.2. The van der Waals surface area contributed by atoms with Crippen molar-refractivity contribution in [2.45, 2.75) is 20.4 Å². The van der Waals surface area contributed by atoms with Crippen LogP contribution in [0.4, 0.5) is 0 Å². The number of rotatable bonds is 4. The summed E-state index contributed by atoms with van der Waals surface area (Å²) in [7, 11) is 0. The molecular formula is C17H18N2OS. The Morgan fingerprint density at radius 1 is 1.29 bits per heavy atom. The smallest absolute Gasteiger partial charge is 0.267 e. The minimum absolute atomic E-state index is 0.00511. The Morgan fingerprint density at radius 2 is 2.10 bits per heavy atom. The van der Waals surface area contributed by atoms with Gasteiger partial charge >= 0.3 is 0 Å². The number of carbonyl (C=O) groups excluding carboxylic acids is 1. The number of hydrogen-bond acceptors (Lipinski definition) is 2. The van der Waals surface area contributed by atoms with Gasteiger partial charge in [0.05, 0.1) is 10.2 Å². The van der Waals surface area contributed by atoms with Crippen molar-refractivity contribution in [1.29, 1.82) is 0 Å².